The fraction of sp³-hybridized carbons (Fsp3) is 0.789. The van der Waals surface area contributed by atoms with Gasteiger partial charge in [0.2, 0.25) is 11.8 Å². The Hall–Kier alpha value is -1.44. The van der Waals surface area contributed by atoms with Crippen LogP contribution in [-0.4, -0.2) is 96.2 Å². The SMILES string of the molecule is CN(CCO)C(=O)[C@H]1[C@@H]2C=C[C@@]3(CN(CCN4CCCCC4)C(=O)[C@@H]13)O2. The topological polar surface area (TPSA) is 73.3 Å². The zero-order valence-corrected chi connectivity index (χ0v) is 15.5. The van der Waals surface area contributed by atoms with Gasteiger partial charge in [0.15, 0.2) is 0 Å². The Bertz CT molecular complexity index is 604. The van der Waals surface area contributed by atoms with Gasteiger partial charge in [-0.3, -0.25) is 9.59 Å². The molecule has 2 amide bonds. The van der Waals surface area contributed by atoms with Crippen molar-refractivity contribution in [2.75, 3.05) is 52.9 Å². The third-order valence-corrected chi connectivity index (χ3v) is 6.41. The molecule has 0 unspecified atom stereocenters. The maximum atomic E-state index is 13.1. The van der Waals surface area contributed by atoms with Gasteiger partial charge in [-0.25, -0.2) is 0 Å². The third kappa shape index (κ3) is 2.86. The molecule has 1 spiro atoms. The van der Waals surface area contributed by atoms with E-state index in [1.54, 1.807) is 7.05 Å². The van der Waals surface area contributed by atoms with Crippen molar-refractivity contribution in [1.82, 2.24) is 14.7 Å². The van der Waals surface area contributed by atoms with Crippen molar-refractivity contribution in [3.63, 3.8) is 0 Å². The van der Waals surface area contributed by atoms with Crippen molar-refractivity contribution in [2.24, 2.45) is 11.8 Å². The van der Waals surface area contributed by atoms with Gasteiger partial charge in [0.05, 0.1) is 31.1 Å². The van der Waals surface area contributed by atoms with Crippen molar-refractivity contribution < 1.29 is 19.4 Å². The summed E-state index contributed by atoms with van der Waals surface area (Å²) < 4.78 is 6.14. The molecule has 7 heteroatoms. The van der Waals surface area contributed by atoms with Crippen LogP contribution in [-0.2, 0) is 14.3 Å². The molecule has 2 bridgehead atoms. The number of ether oxygens (including phenoxy) is 1. The first-order valence-electron chi connectivity index (χ1n) is 9.80. The largest absolute Gasteiger partial charge is 0.395 e. The number of piperidine rings is 1. The zero-order valence-electron chi connectivity index (χ0n) is 15.5. The minimum absolute atomic E-state index is 0.0459. The van der Waals surface area contributed by atoms with Crippen LogP contribution < -0.4 is 0 Å². The Balaban J connectivity index is 1.45. The molecule has 0 aromatic carbocycles. The first-order valence-corrected chi connectivity index (χ1v) is 9.80. The normalized spacial score (nSPS) is 36.0. The third-order valence-electron chi connectivity index (χ3n) is 6.41. The van der Waals surface area contributed by atoms with E-state index in [2.05, 4.69) is 4.90 Å². The maximum absolute atomic E-state index is 13.1. The lowest BCUT2D eigenvalue weighted by Crippen LogP contribution is -2.45. The molecule has 3 fully saturated rings. The Labute approximate surface area is 154 Å². The number of likely N-dealkylation sites (tertiary alicyclic amines) is 2. The van der Waals surface area contributed by atoms with E-state index in [1.165, 1.54) is 24.2 Å². The lowest BCUT2D eigenvalue weighted by Gasteiger charge is -2.29. The van der Waals surface area contributed by atoms with Gasteiger partial charge >= 0.3 is 0 Å². The van der Waals surface area contributed by atoms with Crippen LogP contribution in [0.25, 0.3) is 0 Å². The molecular weight excluding hydrogens is 334 g/mol. The van der Waals surface area contributed by atoms with E-state index >= 15 is 0 Å². The Kier molecular flexibility index (Phi) is 4.79. The van der Waals surface area contributed by atoms with Crippen LogP contribution >= 0.6 is 0 Å². The van der Waals surface area contributed by atoms with Crippen LogP contribution in [0, 0.1) is 11.8 Å². The summed E-state index contributed by atoms with van der Waals surface area (Å²) in [6.07, 6.45) is 7.39. The van der Waals surface area contributed by atoms with Crippen molar-refractivity contribution in [1.29, 1.82) is 0 Å². The summed E-state index contributed by atoms with van der Waals surface area (Å²) >= 11 is 0. The first-order chi connectivity index (χ1) is 12.6. The smallest absolute Gasteiger partial charge is 0.230 e. The monoisotopic (exact) mass is 363 g/mol. The van der Waals surface area contributed by atoms with Crippen LogP contribution in [0.5, 0.6) is 0 Å². The molecule has 4 rings (SSSR count). The van der Waals surface area contributed by atoms with Crippen molar-refractivity contribution in [3.05, 3.63) is 12.2 Å². The molecule has 0 saturated carbocycles. The number of amides is 2. The average molecular weight is 363 g/mol. The van der Waals surface area contributed by atoms with Crippen LogP contribution in [0.15, 0.2) is 12.2 Å². The van der Waals surface area contributed by atoms with Gasteiger partial charge in [0, 0.05) is 26.7 Å². The zero-order chi connectivity index (χ0) is 18.3. The Morgan fingerprint density at radius 1 is 1.35 bits per heavy atom. The second-order valence-corrected chi connectivity index (χ2v) is 8.05. The van der Waals surface area contributed by atoms with Crippen LogP contribution in [0.2, 0.25) is 0 Å². The molecule has 1 N–H and O–H groups in total. The van der Waals surface area contributed by atoms with Crippen molar-refractivity contribution >= 4 is 11.8 Å². The molecule has 144 valence electrons. The summed E-state index contributed by atoms with van der Waals surface area (Å²) in [6.45, 7) is 4.56. The lowest BCUT2D eigenvalue weighted by atomic mass is 9.76. The number of nitrogens with zero attached hydrogens (tertiary/aromatic N) is 3. The number of hydrogen-bond donors (Lipinski definition) is 1. The number of carbonyl (C=O) groups excluding carboxylic acids is 2. The number of likely N-dealkylation sites (N-methyl/N-ethyl adjacent to an activating group) is 1. The molecule has 0 aliphatic carbocycles. The highest BCUT2D eigenvalue weighted by atomic mass is 16.5. The van der Waals surface area contributed by atoms with Crippen LogP contribution in [0.3, 0.4) is 0 Å². The van der Waals surface area contributed by atoms with E-state index in [4.69, 9.17) is 9.84 Å². The predicted molar refractivity (Wildman–Crippen MR) is 95.3 cm³/mol. The van der Waals surface area contributed by atoms with Gasteiger partial charge in [-0.15, -0.1) is 0 Å². The maximum Gasteiger partial charge on any atom is 0.230 e. The highest BCUT2D eigenvalue weighted by Gasteiger charge is 2.66. The van der Waals surface area contributed by atoms with Gasteiger partial charge in [0.1, 0.15) is 5.60 Å². The number of aliphatic hydroxyl groups is 1. The first kappa shape index (κ1) is 17.9. The van der Waals surface area contributed by atoms with E-state index in [9.17, 15) is 9.59 Å². The highest BCUT2D eigenvalue weighted by Crippen LogP contribution is 2.52. The molecule has 0 aromatic rings. The lowest BCUT2D eigenvalue weighted by molar-refractivity contribution is -0.142. The molecule has 0 radical (unpaired) electrons. The van der Waals surface area contributed by atoms with Gasteiger partial charge in [-0.2, -0.15) is 0 Å². The fourth-order valence-electron chi connectivity index (χ4n) is 5.01. The summed E-state index contributed by atoms with van der Waals surface area (Å²) in [5.74, 6) is -0.951. The quantitative estimate of drug-likeness (QED) is 0.657. The van der Waals surface area contributed by atoms with Gasteiger partial charge in [-0.05, 0) is 25.9 Å². The van der Waals surface area contributed by atoms with E-state index in [1.807, 2.05) is 17.1 Å². The van der Waals surface area contributed by atoms with E-state index in [-0.39, 0.29) is 31.1 Å². The highest BCUT2D eigenvalue weighted by molar-refractivity contribution is 5.93. The number of hydrogen-bond acceptors (Lipinski definition) is 5. The second kappa shape index (κ2) is 6.94. The average Bonchev–Trinajstić information content (AvgIpc) is 3.29. The summed E-state index contributed by atoms with van der Waals surface area (Å²) in [6, 6.07) is 0. The molecule has 3 saturated heterocycles. The van der Waals surface area contributed by atoms with Gasteiger partial charge < -0.3 is 24.5 Å². The number of carbonyl (C=O) groups is 2. The van der Waals surface area contributed by atoms with E-state index in [0.29, 0.717) is 13.1 Å². The standard InChI is InChI=1S/C19H29N3O4/c1-20(11-12-23)17(24)15-14-5-6-19(26-14)13-22(18(25)16(15)19)10-9-21-7-3-2-4-8-21/h5-6,14-16,23H,2-4,7-13H2,1H3/t14-,15-,16+,19-/m0/s1. The molecule has 4 aliphatic rings. The molecule has 0 aromatic heterocycles. The Morgan fingerprint density at radius 3 is 2.85 bits per heavy atom. The van der Waals surface area contributed by atoms with Gasteiger partial charge in [0.25, 0.3) is 0 Å². The molecule has 4 atom stereocenters. The van der Waals surface area contributed by atoms with Crippen LogP contribution in [0.1, 0.15) is 19.3 Å². The fourth-order valence-corrected chi connectivity index (χ4v) is 5.01. The van der Waals surface area contributed by atoms with Crippen LogP contribution in [0.4, 0.5) is 0 Å². The van der Waals surface area contributed by atoms with Gasteiger partial charge in [-0.1, -0.05) is 18.6 Å². The summed E-state index contributed by atoms with van der Waals surface area (Å²) in [4.78, 5) is 31.8. The number of rotatable bonds is 6. The molecular formula is C19H29N3O4. The minimum atomic E-state index is -0.635. The number of fused-ring (bicyclic) bond motifs is 1. The predicted octanol–water partition coefficient (Wildman–Crippen LogP) is -0.295. The van der Waals surface area contributed by atoms with Crippen molar-refractivity contribution in [2.45, 2.75) is 31.0 Å². The summed E-state index contributed by atoms with van der Waals surface area (Å²) in [7, 11) is 1.68. The molecule has 7 nitrogen and oxygen atoms in total. The molecule has 4 aliphatic heterocycles. The molecule has 4 heterocycles. The summed E-state index contributed by atoms with van der Waals surface area (Å²) in [5, 5.41) is 9.12. The van der Waals surface area contributed by atoms with Crippen molar-refractivity contribution in [3.8, 4) is 0 Å². The minimum Gasteiger partial charge on any atom is -0.395 e. The van der Waals surface area contributed by atoms with E-state index in [0.717, 1.165) is 19.6 Å². The Morgan fingerprint density at radius 2 is 2.12 bits per heavy atom. The number of aliphatic hydroxyl groups excluding tert-OH is 1. The molecule has 26 heavy (non-hydrogen) atoms. The summed E-state index contributed by atoms with van der Waals surface area (Å²) in [5.41, 5.74) is -0.635. The second-order valence-electron chi connectivity index (χ2n) is 8.05. The van der Waals surface area contributed by atoms with E-state index < -0.39 is 17.4 Å².